The monoisotopic (exact) mass is 327 g/mol. The van der Waals surface area contributed by atoms with Crippen LogP contribution in [0.3, 0.4) is 0 Å². The molecule has 0 atom stereocenters. The topological polar surface area (TPSA) is 110 Å². The SMILES string of the molecule is O=S1(=O)CCC(S(=O)(=O)NC2(CO)CCOCC2)CC1. The molecule has 0 spiro atoms. The van der Waals surface area contributed by atoms with E-state index in [4.69, 9.17) is 4.74 Å². The van der Waals surface area contributed by atoms with Crippen LogP contribution < -0.4 is 4.72 Å². The summed E-state index contributed by atoms with van der Waals surface area (Å²) in [7, 11) is -6.73. The van der Waals surface area contributed by atoms with Gasteiger partial charge >= 0.3 is 0 Å². The number of hydrogen-bond donors (Lipinski definition) is 2. The van der Waals surface area contributed by atoms with Crippen LogP contribution in [0.2, 0.25) is 0 Å². The number of aliphatic hydroxyl groups excluding tert-OH is 1. The van der Waals surface area contributed by atoms with Gasteiger partial charge < -0.3 is 9.84 Å². The summed E-state index contributed by atoms with van der Waals surface area (Å²) in [5.74, 6) is -0.179. The molecule has 2 N–H and O–H groups in total. The minimum absolute atomic E-state index is 0.0895. The lowest BCUT2D eigenvalue weighted by molar-refractivity contribution is 0.0221. The molecular weight excluding hydrogens is 306 g/mol. The number of nitrogens with one attached hydrogen (secondary N) is 1. The second-order valence-electron chi connectivity index (χ2n) is 5.55. The highest BCUT2D eigenvalue weighted by Gasteiger charge is 2.40. The van der Waals surface area contributed by atoms with Crippen molar-refractivity contribution in [3.05, 3.63) is 0 Å². The van der Waals surface area contributed by atoms with E-state index < -0.39 is 30.6 Å². The molecule has 0 aromatic heterocycles. The van der Waals surface area contributed by atoms with Crippen molar-refractivity contribution in [2.75, 3.05) is 31.3 Å². The van der Waals surface area contributed by atoms with Crippen LogP contribution in [-0.2, 0) is 24.6 Å². The summed E-state index contributed by atoms with van der Waals surface area (Å²) in [6.07, 6.45) is 1.09. The molecule has 2 fully saturated rings. The molecule has 2 heterocycles. The van der Waals surface area contributed by atoms with Crippen LogP contribution in [0.4, 0.5) is 0 Å². The van der Waals surface area contributed by atoms with Gasteiger partial charge in [0.15, 0.2) is 0 Å². The van der Waals surface area contributed by atoms with Gasteiger partial charge in [-0.2, -0.15) is 0 Å². The first-order chi connectivity index (χ1) is 9.29. The van der Waals surface area contributed by atoms with Gasteiger partial charge in [0.2, 0.25) is 10.0 Å². The quantitative estimate of drug-likeness (QED) is 0.687. The van der Waals surface area contributed by atoms with Crippen LogP contribution in [0.5, 0.6) is 0 Å². The summed E-state index contributed by atoms with van der Waals surface area (Å²) < 4.78 is 55.3. The van der Waals surface area contributed by atoms with E-state index in [9.17, 15) is 21.9 Å². The number of aliphatic hydroxyl groups is 1. The van der Waals surface area contributed by atoms with Gasteiger partial charge in [0.25, 0.3) is 0 Å². The van der Waals surface area contributed by atoms with E-state index in [2.05, 4.69) is 4.72 Å². The predicted molar refractivity (Wildman–Crippen MR) is 73.6 cm³/mol. The summed E-state index contributed by atoms with van der Waals surface area (Å²) in [5, 5.41) is 8.81. The lowest BCUT2D eigenvalue weighted by atomic mass is 9.93. The minimum Gasteiger partial charge on any atom is -0.394 e. The van der Waals surface area contributed by atoms with Gasteiger partial charge in [0, 0.05) is 13.2 Å². The van der Waals surface area contributed by atoms with Crippen LogP contribution in [0, 0.1) is 0 Å². The zero-order chi connectivity index (χ0) is 14.9. The van der Waals surface area contributed by atoms with E-state index >= 15 is 0 Å². The molecule has 0 saturated carbocycles. The van der Waals surface area contributed by atoms with E-state index in [0.29, 0.717) is 26.1 Å². The molecule has 0 radical (unpaired) electrons. The number of ether oxygens (including phenoxy) is 1. The third-order valence-corrected chi connectivity index (χ3v) is 7.83. The van der Waals surface area contributed by atoms with Crippen LogP contribution in [-0.4, -0.2) is 64.1 Å². The molecule has 2 saturated heterocycles. The molecule has 118 valence electrons. The van der Waals surface area contributed by atoms with Gasteiger partial charge in [-0.3, -0.25) is 0 Å². The van der Waals surface area contributed by atoms with E-state index in [-0.39, 0.29) is 31.0 Å². The summed E-state index contributed by atoms with van der Waals surface area (Å²) in [5.41, 5.74) is -0.868. The Morgan fingerprint density at radius 1 is 1.20 bits per heavy atom. The number of rotatable bonds is 4. The Morgan fingerprint density at radius 2 is 1.75 bits per heavy atom. The normalized spacial score (nSPS) is 27.2. The summed E-state index contributed by atoms with van der Waals surface area (Å²) in [6, 6.07) is 0. The largest absolute Gasteiger partial charge is 0.394 e. The van der Waals surface area contributed by atoms with Gasteiger partial charge in [-0.25, -0.2) is 21.6 Å². The molecule has 0 aromatic rings. The highest BCUT2D eigenvalue weighted by atomic mass is 32.2. The molecule has 0 bridgehead atoms. The zero-order valence-corrected chi connectivity index (χ0v) is 12.9. The fourth-order valence-corrected chi connectivity index (χ4v) is 6.30. The van der Waals surface area contributed by atoms with Gasteiger partial charge in [0.1, 0.15) is 9.84 Å². The van der Waals surface area contributed by atoms with E-state index in [0.717, 1.165) is 0 Å². The Bertz CT molecular complexity index is 521. The van der Waals surface area contributed by atoms with Crippen molar-refractivity contribution < 1.29 is 26.7 Å². The van der Waals surface area contributed by atoms with Crippen LogP contribution in [0.15, 0.2) is 0 Å². The second kappa shape index (κ2) is 5.88. The highest BCUT2D eigenvalue weighted by Crippen LogP contribution is 2.25. The number of sulfonamides is 1. The Labute approximate surface area is 119 Å². The van der Waals surface area contributed by atoms with Crippen molar-refractivity contribution in [2.24, 2.45) is 0 Å². The fraction of sp³-hybridized carbons (Fsp3) is 1.00. The van der Waals surface area contributed by atoms with Crippen molar-refractivity contribution in [2.45, 2.75) is 36.5 Å². The lowest BCUT2D eigenvalue weighted by Gasteiger charge is -2.37. The molecule has 0 amide bonds. The molecule has 2 rings (SSSR count). The van der Waals surface area contributed by atoms with Gasteiger partial charge in [-0.1, -0.05) is 0 Å². The zero-order valence-electron chi connectivity index (χ0n) is 11.2. The van der Waals surface area contributed by atoms with E-state index in [1.54, 1.807) is 0 Å². The Balaban J connectivity index is 2.07. The lowest BCUT2D eigenvalue weighted by Crippen LogP contribution is -2.57. The first-order valence-electron chi connectivity index (χ1n) is 6.70. The third kappa shape index (κ3) is 3.70. The Kier molecular flexibility index (Phi) is 4.75. The minimum atomic E-state index is -3.63. The maximum Gasteiger partial charge on any atom is 0.215 e. The van der Waals surface area contributed by atoms with Crippen LogP contribution in [0.1, 0.15) is 25.7 Å². The van der Waals surface area contributed by atoms with E-state index in [1.807, 2.05) is 0 Å². The highest BCUT2D eigenvalue weighted by molar-refractivity contribution is 7.92. The van der Waals surface area contributed by atoms with Crippen molar-refractivity contribution >= 4 is 19.9 Å². The first-order valence-corrected chi connectivity index (χ1v) is 10.1. The Morgan fingerprint density at radius 3 is 2.25 bits per heavy atom. The number of sulfone groups is 1. The molecule has 0 aliphatic carbocycles. The average molecular weight is 327 g/mol. The molecule has 7 nitrogen and oxygen atoms in total. The second-order valence-corrected chi connectivity index (χ2v) is 9.81. The van der Waals surface area contributed by atoms with Gasteiger partial charge in [-0.05, 0) is 25.7 Å². The molecular formula is C11H21NO6S2. The molecule has 9 heteroatoms. The fourth-order valence-electron chi connectivity index (χ4n) is 2.62. The van der Waals surface area contributed by atoms with E-state index in [1.165, 1.54) is 0 Å². The summed E-state index contributed by atoms with van der Waals surface area (Å²) >= 11 is 0. The number of hydrogen-bond acceptors (Lipinski definition) is 6. The van der Waals surface area contributed by atoms with Crippen LogP contribution in [0.25, 0.3) is 0 Å². The van der Waals surface area contributed by atoms with Gasteiger partial charge in [0.05, 0.1) is 28.9 Å². The first kappa shape index (κ1) is 16.2. The molecule has 0 aromatic carbocycles. The summed E-state index contributed by atoms with van der Waals surface area (Å²) in [6.45, 7) is 0.533. The average Bonchev–Trinajstić information content (AvgIpc) is 2.38. The summed E-state index contributed by atoms with van der Waals surface area (Å²) in [4.78, 5) is 0. The smallest absolute Gasteiger partial charge is 0.215 e. The molecule has 2 aliphatic rings. The molecule has 2 aliphatic heterocycles. The standard InChI is InChI=1S/C11H21NO6S2/c13-9-11(3-5-18-6-4-11)12-20(16,17)10-1-7-19(14,15)8-2-10/h10,12-13H,1-9H2. The van der Waals surface area contributed by atoms with Crippen molar-refractivity contribution in [3.8, 4) is 0 Å². The molecule has 20 heavy (non-hydrogen) atoms. The maximum atomic E-state index is 12.4. The van der Waals surface area contributed by atoms with Crippen molar-refractivity contribution in [1.29, 1.82) is 0 Å². The van der Waals surface area contributed by atoms with Crippen LogP contribution >= 0.6 is 0 Å². The van der Waals surface area contributed by atoms with Gasteiger partial charge in [-0.15, -0.1) is 0 Å². The Hall–Kier alpha value is -0.220. The van der Waals surface area contributed by atoms with Crippen molar-refractivity contribution in [3.63, 3.8) is 0 Å². The van der Waals surface area contributed by atoms with Crippen molar-refractivity contribution in [1.82, 2.24) is 4.72 Å². The molecule has 0 unspecified atom stereocenters. The third-order valence-electron chi connectivity index (χ3n) is 4.05. The predicted octanol–water partition coefficient (Wildman–Crippen LogP) is -0.975. The maximum absolute atomic E-state index is 12.4.